The van der Waals surface area contributed by atoms with Crippen LogP contribution in [-0.2, 0) is 5.75 Å². The number of alkyl halides is 1. The maximum absolute atomic E-state index is 5.75. The van der Waals surface area contributed by atoms with Gasteiger partial charge in [-0.25, -0.2) is 0 Å². The summed E-state index contributed by atoms with van der Waals surface area (Å²) in [6.45, 7) is 2.17. The highest BCUT2D eigenvalue weighted by Crippen LogP contribution is 2.19. The summed E-state index contributed by atoms with van der Waals surface area (Å²) in [4.78, 5) is 0. The molecule has 0 saturated carbocycles. The Bertz CT molecular complexity index is 291. The highest BCUT2D eigenvalue weighted by atomic mass is 35.5. The molecule has 0 radical (unpaired) electrons. The first-order valence-corrected chi connectivity index (χ1v) is 6.71. The molecule has 1 unspecified atom stereocenters. The SMILES string of the molecule is COc1cccc(CSCC(C)CCl)c1. The van der Waals surface area contributed by atoms with Crippen LogP contribution < -0.4 is 4.74 Å². The molecule has 1 rings (SSSR count). The van der Waals surface area contributed by atoms with Crippen molar-refractivity contribution in [2.45, 2.75) is 12.7 Å². The summed E-state index contributed by atoms with van der Waals surface area (Å²) in [7, 11) is 1.70. The van der Waals surface area contributed by atoms with E-state index in [9.17, 15) is 0 Å². The molecule has 0 aliphatic rings. The number of ether oxygens (including phenoxy) is 1. The van der Waals surface area contributed by atoms with Gasteiger partial charge in [0.2, 0.25) is 0 Å². The van der Waals surface area contributed by atoms with Gasteiger partial charge in [-0.3, -0.25) is 0 Å². The van der Waals surface area contributed by atoms with E-state index in [0.717, 1.165) is 23.1 Å². The van der Waals surface area contributed by atoms with E-state index in [1.807, 2.05) is 23.9 Å². The van der Waals surface area contributed by atoms with Crippen LogP contribution in [0.4, 0.5) is 0 Å². The summed E-state index contributed by atoms with van der Waals surface area (Å²) in [5.74, 6) is 4.39. The number of thioether (sulfide) groups is 1. The third-order valence-electron chi connectivity index (χ3n) is 2.07. The van der Waals surface area contributed by atoms with Crippen LogP contribution in [-0.4, -0.2) is 18.7 Å². The Balaban J connectivity index is 2.37. The molecule has 0 amide bonds. The molecule has 1 nitrogen and oxygen atoms in total. The standard InChI is InChI=1S/C12H17ClOS/c1-10(7-13)8-15-9-11-4-3-5-12(6-11)14-2/h3-6,10H,7-9H2,1-2H3. The zero-order valence-electron chi connectivity index (χ0n) is 9.20. The Kier molecular flexibility index (Phi) is 5.96. The van der Waals surface area contributed by atoms with Gasteiger partial charge in [-0.2, -0.15) is 11.8 Å². The van der Waals surface area contributed by atoms with Crippen molar-refractivity contribution in [3.05, 3.63) is 29.8 Å². The van der Waals surface area contributed by atoms with E-state index in [4.69, 9.17) is 16.3 Å². The maximum atomic E-state index is 5.75. The zero-order valence-corrected chi connectivity index (χ0v) is 10.8. The fourth-order valence-corrected chi connectivity index (χ4v) is 2.48. The lowest BCUT2D eigenvalue weighted by Gasteiger charge is -2.07. The first kappa shape index (κ1) is 12.7. The van der Waals surface area contributed by atoms with Crippen LogP contribution in [0, 0.1) is 5.92 Å². The van der Waals surface area contributed by atoms with Gasteiger partial charge < -0.3 is 4.74 Å². The first-order valence-electron chi connectivity index (χ1n) is 5.03. The maximum Gasteiger partial charge on any atom is 0.119 e. The largest absolute Gasteiger partial charge is 0.497 e. The Morgan fingerprint density at radius 1 is 1.47 bits per heavy atom. The molecule has 0 spiro atoms. The quantitative estimate of drug-likeness (QED) is 0.704. The van der Waals surface area contributed by atoms with Gasteiger partial charge in [0.25, 0.3) is 0 Å². The Labute approximate surface area is 101 Å². The number of methoxy groups -OCH3 is 1. The Morgan fingerprint density at radius 2 is 2.27 bits per heavy atom. The molecule has 15 heavy (non-hydrogen) atoms. The lowest BCUT2D eigenvalue weighted by atomic mass is 10.2. The van der Waals surface area contributed by atoms with Crippen LogP contribution in [0.15, 0.2) is 24.3 Å². The van der Waals surface area contributed by atoms with Gasteiger partial charge in [-0.05, 0) is 29.4 Å². The lowest BCUT2D eigenvalue weighted by Crippen LogP contribution is -1.99. The van der Waals surface area contributed by atoms with E-state index >= 15 is 0 Å². The van der Waals surface area contributed by atoms with Gasteiger partial charge >= 0.3 is 0 Å². The average Bonchev–Trinajstić information content (AvgIpc) is 2.29. The molecular weight excluding hydrogens is 228 g/mol. The minimum absolute atomic E-state index is 0.585. The van der Waals surface area contributed by atoms with Crippen LogP contribution >= 0.6 is 23.4 Å². The normalized spacial score (nSPS) is 12.5. The van der Waals surface area contributed by atoms with Gasteiger partial charge in [0.05, 0.1) is 7.11 Å². The smallest absolute Gasteiger partial charge is 0.119 e. The van der Waals surface area contributed by atoms with E-state index in [0.29, 0.717) is 5.92 Å². The molecule has 0 aliphatic carbocycles. The predicted octanol–water partition coefficient (Wildman–Crippen LogP) is 3.80. The third kappa shape index (κ3) is 4.80. The van der Waals surface area contributed by atoms with Crippen molar-refractivity contribution < 1.29 is 4.74 Å². The first-order chi connectivity index (χ1) is 7.26. The average molecular weight is 245 g/mol. The molecule has 0 N–H and O–H groups in total. The highest BCUT2D eigenvalue weighted by molar-refractivity contribution is 7.98. The van der Waals surface area contributed by atoms with Gasteiger partial charge in [-0.15, -0.1) is 11.6 Å². The summed E-state index contributed by atoms with van der Waals surface area (Å²) < 4.78 is 5.17. The van der Waals surface area contributed by atoms with Crippen molar-refractivity contribution in [3.8, 4) is 5.75 Å². The molecule has 84 valence electrons. The van der Waals surface area contributed by atoms with Gasteiger partial charge in [-0.1, -0.05) is 19.1 Å². The molecule has 0 aliphatic heterocycles. The molecule has 0 aromatic heterocycles. The second kappa shape index (κ2) is 7.02. The molecule has 0 heterocycles. The lowest BCUT2D eigenvalue weighted by molar-refractivity contribution is 0.414. The molecule has 1 atom stereocenters. The Hall–Kier alpha value is -0.340. The van der Waals surface area contributed by atoms with Crippen LogP contribution in [0.3, 0.4) is 0 Å². The van der Waals surface area contributed by atoms with Crippen LogP contribution in [0.5, 0.6) is 5.75 Å². The number of hydrogen-bond donors (Lipinski definition) is 0. The molecule has 0 bridgehead atoms. The summed E-state index contributed by atoms with van der Waals surface area (Å²) >= 11 is 7.67. The van der Waals surface area contributed by atoms with E-state index in [1.54, 1.807) is 7.11 Å². The number of hydrogen-bond acceptors (Lipinski definition) is 2. The van der Waals surface area contributed by atoms with Crippen molar-refractivity contribution in [2.24, 2.45) is 5.92 Å². The summed E-state index contributed by atoms with van der Waals surface area (Å²) in [6.07, 6.45) is 0. The molecule has 0 saturated heterocycles. The van der Waals surface area contributed by atoms with Crippen LogP contribution in [0.2, 0.25) is 0 Å². The third-order valence-corrected chi connectivity index (χ3v) is 3.94. The van der Waals surface area contributed by atoms with Crippen molar-refractivity contribution in [2.75, 3.05) is 18.7 Å². The fourth-order valence-electron chi connectivity index (χ4n) is 1.18. The predicted molar refractivity (Wildman–Crippen MR) is 69.0 cm³/mol. The zero-order chi connectivity index (χ0) is 11.1. The van der Waals surface area contributed by atoms with Crippen molar-refractivity contribution in [3.63, 3.8) is 0 Å². The molecule has 1 aromatic carbocycles. The number of halogens is 1. The van der Waals surface area contributed by atoms with Crippen molar-refractivity contribution >= 4 is 23.4 Å². The number of benzene rings is 1. The molecule has 1 aromatic rings. The fraction of sp³-hybridized carbons (Fsp3) is 0.500. The van der Waals surface area contributed by atoms with E-state index in [1.165, 1.54) is 5.56 Å². The Morgan fingerprint density at radius 3 is 2.93 bits per heavy atom. The second-order valence-corrected chi connectivity index (χ2v) is 4.96. The van der Waals surface area contributed by atoms with E-state index in [-0.39, 0.29) is 0 Å². The van der Waals surface area contributed by atoms with Crippen molar-refractivity contribution in [1.29, 1.82) is 0 Å². The molecule has 0 fully saturated rings. The van der Waals surface area contributed by atoms with Crippen LogP contribution in [0.1, 0.15) is 12.5 Å². The molecular formula is C12H17ClOS. The van der Waals surface area contributed by atoms with Gasteiger partial charge in [0.1, 0.15) is 5.75 Å². The van der Waals surface area contributed by atoms with Gasteiger partial charge in [0.15, 0.2) is 0 Å². The minimum atomic E-state index is 0.585. The monoisotopic (exact) mass is 244 g/mol. The summed E-state index contributed by atoms with van der Waals surface area (Å²) in [5.41, 5.74) is 1.31. The highest BCUT2D eigenvalue weighted by Gasteiger charge is 2.01. The second-order valence-electron chi connectivity index (χ2n) is 3.63. The summed E-state index contributed by atoms with van der Waals surface area (Å²) in [5, 5.41) is 0. The minimum Gasteiger partial charge on any atom is -0.497 e. The van der Waals surface area contributed by atoms with E-state index < -0.39 is 0 Å². The van der Waals surface area contributed by atoms with Gasteiger partial charge in [0, 0.05) is 11.6 Å². The van der Waals surface area contributed by atoms with E-state index in [2.05, 4.69) is 19.1 Å². The summed E-state index contributed by atoms with van der Waals surface area (Å²) in [6, 6.07) is 8.20. The molecule has 3 heteroatoms. The van der Waals surface area contributed by atoms with Crippen LogP contribution in [0.25, 0.3) is 0 Å². The topological polar surface area (TPSA) is 9.23 Å². The van der Waals surface area contributed by atoms with Crippen molar-refractivity contribution in [1.82, 2.24) is 0 Å². The number of rotatable bonds is 6.